The van der Waals surface area contributed by atoms with Crippen LogP contribution < -0.4 is 11.5 Å². The Bertz CT molecular complexity index is 202. The summed E-state index contributed by atoms with van der Waals surface area (Å²) in [4.78, 5) is 14.8. The van der Waals surface area contributed by atoms with E-state index in [1.54, 1.807) is 0 Å². The molecular weight excluding hydrogens is 186 g/mol. The molecule has 14 heavy (non-hydrogen) atoms. The van der Waals surface area contributed by atoms with Gasteiger partial charge in [-0.3, -0.25) is 0 Å². The number of esters is 1. The summed E-state index contributed by atoms with van der Waals surface area (Å²) >= 11 is 0. The number of carbonyl (C=O) groups excluding carboxylic acids is 1. The Morgan fingerprint density at radius 1 is 1.50 bits per heavy atom. The molecule has 0 rings (SSSR count). The van der Waals surface area contributed by atoms with Crippen LogP contribution in [0, 0.1) is 0 Å². The molecule has 1 atom stereocenters. The lowest BCUT2D eigenvalue weighted by Gasteiger charge is -2.10. The SMILES string of the molecule is CCCCOC(=O)C(N=C(N)N)OC. The number of hydrogen-bond donors (Lipinski definition) is 2. The second-order valence-electron chi connectivity index (χ2n) is 2.66. The zero-order valence-electron chi connectivity index (χ0n) is 8.53. The quantitative estimate of drug-likeness (QED) is 0.264. The van der Waals surface area contributed by atoms with Gasteiger partial charge in [0.05, 0.1) is 6.61 Å². The van der Waals surface area contributed by atoms with Crippen LogP contribution >= 0.6 is 0 Å². The Morgan fingerprint density at radius 3 is 2.57 bits per heavy atom. The van der Waals surface area contributed by atoms with E-state index >= 15 is 0 Å². The normalized spacial score (nSPS) is 11.9. The summed E-state index contributed by atoms with van der Waals surface area (Å²) in [7, 11) is 1.33. The van der Waals surface area contributed by atoms with Crippen molar-refractivity contribution < 1.29 is 14.3 Å². The van der Waals surface area contributed by atoms with Crippen molar-refractivity contribution >= 4 is 11.9 Å². The van der Waals surface area contributed by atoms with E-state index in [4.69, 9.17) is 20.9 Å². The van der Waals surface area contributed by atoms with Gasteiger partial charge in [0, 0.05) is 7.11 Å². The summed E-state index contributed by atoms with van der Waals surface area (Å²) in [5.41, 5.74) is 10.2. The summed E-state index contributed by atoms with van der Waals surface area (Å²) in [6, 6.07) is 0. The lowest BCUT2D eigenvalue weighted by Crippen LogP contribution is -2.31. The van der Waals surface area contributed by atoms with Crippen molar-refractivity contribution in [2.45, 2.75) is 26.0 Å². The third-order valence-electron chi connectivity index (χ3n) is 1.43. The third-order valence-corrected chi connectivity index (χ3v) is 1.43. The Hall–Kier alpha value is -1.30. The molecule has 4 N–H and O–H groups in total. The number of carbonyl (C=O) groups is 1. The standard InChI is InChI=1S/C8H17N3O3/c1-3-4-5-14-7(12)6(13-2)11-8(9)10/h6H,3-5H2,1-2H3,(H4,9,10,11). The summed E-state index contributed by atoms with van der Waals surface area (Å²) in [5, 5.41) is 0. The number of aliphatic imine (C=N–C) groups is 1. The number of unbranched alkanes of at least 4 members (excludes halogenated alkanes) is 1. The second kappa shape index (κ2) is 7.14. The highest BCUT2D eigenvalue weighted by molar-refractivity contribution is 5.81. The van der Waals surface area contributed by atoms with Crippen molar-refractivity contribution in [3.05, 3.63) is 0 Å². The molecule has 0 heterocycles. The molecule has 0 aliphatic heterocycles. The molecule has 0 saturated heterocycles. The summed E-state index contributed by atoms with van der Waals surface area (Å²) < 4.78 is 9.59. The van der Waals surface area contributed by atoms with Crippen molar-refractivity contribution in [2.75, 3.05) is 13.7 Å². The topological polar surface area (TPSA) is 99.9 Å². The van der Waals surface area contributed by atoms with Crippen LogP contribution in [0.5, 0.6) is 0 Å². The second-order valence-corrected chi connectivity index (χ2v) is 2.66. The van der Waals surface area contributed by atoms with Crippen molar-refractivity contribution in [1.29, 1.82) is 0 Å². The van der Waals surface area contributed by atoms with E-state index in [1.165, 1.54) is 7.11 Å². The lowest BCUT2D eigenvalue weighted by atomic mass is 10.4. The number of methoxy groups -OCH3 is 1. The van der Waals surface area contributed by atoms with Crippen LogP contribution in [0.2, 0.25) is 0 Å². The molecular formula is C8H17N3O3. The molecule has 0 fully saturated rings. The smallest absolute Gasteiger partial charge is 0.358 e. The zero-order chi connectivity index (χ0) is 11.0. The van der Waals surface area contributed by atoms with Gasteiger partial charge in [-0.2, -0.15) is 0 Å². The first-order valence-corrected chi connectivity index (χ1v) is 4.40. The van der Waals surface area contributed by atoms with Gasteiger partial charge in [-0.25, -0.2) is 9.79 Å². The van der Waals surface area contributed by atoms with Gasteiger partial charge >= 0.3 is 5.97 Å². The fourth-order valence-electron chi connectivity index (χ4n) is 0.725. The van der Waals surface area contributed by atoms with Gasteiger partial charge in [0.25, 0.3) is 0 Å². The number of nitrogens with two attached hydrogens (primary N) is 2. The average molecular weight is 203 g/mol. The van der Waals surface area contributed by atoms with E-state index in [9.17, 15) is 4.79 Å². The third kappa shape index (κ3) is 5.36. The minimum absolute atomic E-state index is 0.204. The lowest BCUT2D eigenvalue weighted by molar-refractivity contribution is -0.154. The maximum atomic E-state index is 11.2. The molecule has 0 saturated carbocycles. The molecule has 82 valence electrons. The van der Waals surface area contributed by atoms with Gasteiger partial charge in [-0.15, -0.1) is 0 Å². The summed E-state index contributed by atoms with van der Waals surface area (Å²) in [6.07, 6.45) is 0.703. The van der Waals surface area contributed by atoms with Gasteiger partial charge in [0.1, 0.15) is 0 Å². The van der Waals surface area contributed by atoms with Crippen molar-refractivity contribution in [3.63, 3.8) is 0 Å². The van der Waals surface area contributed by atoms with E-state index in [-0.39, 0.29) is 5.96 Å². The Morgan fingerprint density at radius 2 is 2.14 bits per heavy atom. The van der Waals surface area contributed by atoms with Gasteiger partial charge in [0.2, 0.25) is 6.23 Å². The Labute approximate surface area is 83.3 Å². The maximum absolute atomic E-state index is 11.2. The van der Waals surface area contributed by atoms with Crippen LogP contribution in [0.1, 0.15) is 19.8 Å². The Balaban J connectivity index is 3.99. The number of rotatable bonds is 6. The van der Waals surface area contributed by atoms with Crippen LogP contribution in [0.4, 0.5) is 0 Å². The number of guanidine groups is 1. The van der Waals surface area contributed by atoms with Crippen LogP contribution in [-0.2, 0) is 14.3 Å². The fourth-order valence-corrected chi connectivity index (χ4v) is 0.725. The van der Waals surface area contributed by atoms with Crippen molar-refractivity contribution in [3.8, 4) is 0 Å². The monoisotopic (exact) mass is 203 g/mol. The Kier molecular flexibility index (Phi) is 6.47. The minimum atomic E-state index is -1.06. The molecule has 0 amide bonds. The number of nitrogens with zero attached hydrogens (tertiary/aromatic N) is 1. The van der Waals surface area contributed by atoms with Gasteiger partial charge in [-0.1, -0.05) is 13.3 Å². The molecule has 0 bridgehead atoms. The van der Waals surface area contributed by atoms with Crippen LogP contribution in [0.15, 0.2) is 4.99 Å². The molecule has 1 unspecified atom stereocenters. The predicted molar refractivity (Wildman–Crippen MR) is 52.5 cm³/mol. The first kappa shape index (κ1) is 12.7. The average Bonchev–Trinajstić information content (AvgIpc) is 2.14. The van der Waals surface area contributed by atoms with Crippen molar-refractivity contribution in [2.24, 2.45) is 16.5 Å². The van der Waals surface area contributed by atoms with Gasteiger partial charge in [-0.05, 0) is 6.42 Å². The first-order valence-electron chi connectivity index (χ1n) is 4.40. The highest BCUT2D eigenvalue weighted by Crippen LogP contribution is 1.97. The van der Waals surface area contributed by atoms with E-state index in [1.807, 2.05) is 6.92 Å². The zero-order valence-corrected chi connectivity index (χ0v) is 8.53. The van der Waals surface area contributed by atoms with Gasteiger partial charge < -0.3 is 20.9 Å². The van der Waals surface area contributed by atoms with Crippen LogP contribution in [-0.4, -0.2) is 31.9 Å². The largest absolute Gasteiger partial charge is 0.462 e. The van der Waals surface area contributed by atoms with Gasteiger partial charge in [0.15, 0.2) is 5.96 Å². The summed E-state index contributed by atoms with van der Waals surface area (Å²) in [6.45, 7) is 2.35. The molecule has 0 radical (unpaired) electrons. The van der Waals surface area contributed by atoms with E-state index in [0.29, 0.717) is 6.61 Å². The molecule has 0 aromatic heterocycles. The molecule has 6 heteroatoms. The highest BCUT2D eigenvalue weighted by Gasteiger charge is 2.17. The maximum Gasteiger partial charge on any atom is 0.358 e. The molecule has 0 spiro atoms. The molecule has 6 nitrogen and oxygen atoms in total. The summed E-state index contributed by atoms with van der Waals surface area (Å²) in [5.74, 6) is -0.779. The molecule has 0 aliphatic carbocycles. The minimum Gasteiger partial charge on any atom is -0.462 e. The molecule has 0 aromatic rings. The van der Waals surface area contributed by atoms with E-state index < -0.39 is 12.2 Å². The predicted octanol–water partition coefficient (Wildman–Crippen LogP) is -0.424. The first-order chi connectivity index (χ1) is 6.61. The fraction of sp³-hybridized carbons (Fsp3) is 0.750. The molecule has 0 aromatic carbocycles. The number of ether oxygens (including phenoxy) is 2. The van der Waals surface area contributed by atoms with E-state index in [0.717, 1.165) is 12.8 Å². The van der Waals surface area contributed by atoms with Crippen molar-refractivity contribution in [1.82, 2.24) is 0 Å². The highest BCUT2D eigenvalue weighted by atomic mass is 16.6. The number of hydrogen-bond acceptors (Lipinski definition) is 4. The van der Waals surface area contributed by atoms with Crippen LogP contribution in [0.25, 0.3) is 0 Å². The molecule has 0 aliphatic rings. The van der Waals surface area contributed by atoms with Crippen LogP contribution in [0.3, 0.4) is 0 Å². The van der Waals surface area contributed by atoms with E-state index in [2.05, 4.69) is 4.99 Å².